The average molecular weight is 304 g/mol. The molecule has 1 amide bonds. The normalized spacial score (nSPS) is 11.6. The van der Waals surface area contributed by atoms with Gasteiger partial charge in [-0.05, 0) is 31.5 Å². The molecule has 1 aromatic rings. The van der Waals surface area contributed by atoms with E-state index in [4.69, 9.17) is 10.5 Å². The van der Waals surface area contributed by atoms with E-state index in [0.29, 0.717) is 0 Å². The lowest BCUT2D eigenvalue weighted by Crippen LogP contribution is -2.26. The number of alkyl halides is 3. The molecule has 21 heavy (non-hydrogen) atoms. The molecule has 1 aromatic carbocycles. The Morgan fingerprint density at radius 3 is 2.57 bits per heavy atom. The van der Waals surface area contributed by atoms with Gasteiger partial charge in [-0.3, -0.25) is 4.79 Å². The van der Waals surface area contributed by atoms with E-state index in [9.17, 15) is 18.0 Å². The summed E-state index contributed by atoms with van der Waals surface area (Å²) >= 11 is 0. The first-order valence-electron chi connectivity index (χ1n) is 6.57. The molecule has 7 heteroatoms. The van der Waals surface area contributed by atoms with Crippen molar-refractivity contribution >= 4 is 5.91 Å². The fourth-order valence-electron chi connectivity index (χ4n) is 1.73. The lowest BCUT2D eigenvalue weighted by molar-refractivity contribution is -0.138. The Bertz CT molecular complexity index is 488. The van der Waals surface area contributed by atoms with Gasteiger partial charge in [0.2, 0.25) is 5.91 Å². The summed E-state index contributed by atoms with van der Waals surface area (Å²) < 4.78 is 44.4. The molecule has 0 aromatic heterocycles. The monoisotopic (exact) mass is 304 g/mol. The third kappa shape index (κ3) is 5.63. The number of nitrogens with one attached hydrogen (secondary N) is 1. The number of amides is 1. The molecule has 0 atom stereocenters. The zero-order valence-corrected chi connectivity index (χ0v) is 12.0. The number of benzene rings is 1. The van der Waals surface area contributed by atoms with Gasteiger partial charge in [0.1, 0.15) is 5.75 Å². The topological polar surface area (TPSA) is 64.3 Å². The van der Waals surface area contributed by atoms with Crippen LogP contribution in [0.15, 0.2) is 18.2 Å². The smallest absolute Gasteiger partial charge is 0.416 e. The molecule has 3 N–H and O–H groups in total. The van der Waals surface area contributed by atoms with E-state index in [1.54, 1.807) is 13.8 Å². The number of rotatable bonds is 6. The van der Waals surface area contributed by atoms with Gasteiger partial charge in [0.25, 0.3) is 0 Å². The summed E-state index contributed by atoms with van der Waals surface area (Å²) in [6, 6.07) is 3.72. The summed E-state index contributed by atoms with van der Waals surface area (Å²) in [5.41, 5.74) is 4.38. The average Bonchev–Trinajstić information content (AvgIpc) is 2.35. The third-order valence-electron chi connectivity index (χ3n) is 2.61. The van der Waals surface area contributed by atoms with Crippen LogP contribution in [0, 0.1) is 0 Å². The quantitative estimate of drug-likeness (QED) is 0.848. The van der Waals surface area contributed by atoms with Gasteiger partial charge in [-0.15, -0.1) is 0 Å². The molecule has 0 unspecified atom stereocenters. The molecule has 0 aliphatic heterocycles. The van der Waals surface area contributed by atoms with Gasteiger partial charge >= 0.3 is 6.18 Å². The van der Waals surface area contributed by atoms with Crippen LogP contribution in [-0.4, -0.2) is 18.6 Å². The van der Waals surface area contributed by atoms with Crippen LogP contribution in [-0.2, 0) is 17.5 Å². The predicted octanol–water partition coefficient (Wildman–Crippen LogP) is 2.46. The molecule has 0 radical (unpaired) electrons. The molecule has 0 saturated heterocycles. The molecule has 0 aliphatic rings. The van der Waals surface area contributed by atoms with Crippen LogP contribution in [0.4, 0.5) is 13.2 Å². The molecule has 0 fully saturated rings. The predicted molar refractivity (Wildman–Crippen MR) is 72.7 cm³/mol. The number of nitrogens with two attached hydrogens (primary N) is 1. The first-order valence-corrected chi connectivity index (χ1v) is 6.57. The van der Waals surface area contributed by atoms with Crippen molar-refractivity contribution in [1.29, 1.82) is 0 Å². The van der Waals surface area contributed by atoms with Gasteiger partial charge in [-0.25, -0.2) is 0 Å². The maximum atomic E-state index is 13.1. The molecule has 4 nitrogen and oxygen atoms in total. The minimum Gasteiger partial charge on any atom is -0.491 e. The summed E-state index contributed by atoms with van der Waals surface area (Å²) in [7, 11) is 0. The van der Waals surface area contributed by atoms with Gasteiger partial charge in [0.15, 0.2) is 0 Å². The van der Waals surface area contributed by atoms with Crippen LogP contribution in [0.25, 0.3) is 0 Å². The van der Waals surface area contributed by atoms with E-state index in [1.807, 2.05) is 0 Å². The highest BCUT2D eigenvalue weighted by molar-refractivity contribution is 5.76. The molecule has 0 saturated carbocycles. The van der Waals surface area contributed by atoms with Crippen molar-refractivity contribution in [3.05, 3.63) is 29.3 Å². The summed E-state index contributed by atoms with van der Waals surface area (Å²) in [4.78, 5) is 11.3. The summed E-state index contributed by atoms with van der Waals surface area (Å²) in [6.45, 7) is 3.41. The van der Waals surface area contributed by atoms with Crippen LogP contribution >= 0.6 is 0 Å². The lowest BCUT2D eigenvalue weighted by Gasteiger charge is -2.16. The van der Waals surface area contributed by atoms with E-state index < -0.39 is 11.7 Å². The first kappa shape index (κ1) is 17.3. The van der Waals surface area contributed by atoms with Crippen molar-refractivity contribution in [2.75, 3.05) is 6.54 Å². The second kappa shape index (κ2) is 7.31. The number of carbonyl (C=O) groups is 1. The van der Waals surface area contributed by atoms with Crippen molar-refractivity contribution < 1.29 is 22.7 Å². The van der Waals surface area contributed by atoms with Gasteiger partial charge < -0.3 is 15.8 Å². The van der Waals surface area contributed by atoms with Crippen molar-refractivity contribution in [2.24, 2.45) is 5.73 Å². The minimum absolute atomic E-state index is 0.0102. The molecule has 118 valence electrons. The van der Waals surface area contributed by atoms with Gasteiger partial charge in [-0.1, -0.05) is 6.07 Å². The molecule has 0 heterocycles. The highest BCUT2D eigenvalue weighted by Gasteiger charge is 2.33. The molecule has 0 spiro atoms. The Morgan fingerprint density at radius 2 is 2.05 bits per heavy atom. The standard InChI is InChI=1S/C14H19F3N2O2/c1-9(2)21-11-4-3-10(8-19-13(20)5-6-18)12(7-11)14(15,16)17/h3-4,7,9H,5-6,8,18H2,1-2H3,(H,19,20). The fraction of sp³-hybridized carbons (Fsp3) is 0.500. The van der Waals surface area contributed by atoms with Gasteiger partial charge in [-0.2, -0.15) is 13.2 Å². The Hall–Kier alpha value is -1.76. The second-order valence-electron chi connectivity index (χ2n) is 4.80. The van der Waals surface area contributed by atoms with Crippen molar-refractivity contribution in [2.45, 2.75) is 39.1 Å². The number of halogens is 3. The Morgan fingerprint density at radius 1 is 1.38 bits per heavy atom. The van der Waals surface area contributed by atoms with Crippen molar-refractivity contribution in [1.82, 2.24) is 5.32 Å². The number of ether oxygens (including phenoxy) is 1. The van der Waals surface area contributed by atoms with E-state index in [2.05, 4.69) is 5.32 Å². The van der Waals surface area contributed by atoms with Crippen LogP contribution in [0.3, 0.4) is 0 Å². The number of carbonyl (C=O) groups excluding carboxylic acids is 1. The van der Waals surface area contributed by atoms with E-state index in [1.165, 1.54) is 12.1 Å². The largest absolute Gasteiger partial charge is 0.491 e. The van der Waals surface area contributed by atoms with Crippen LogP contribution in [0.2, 0.25) is 0 Å². The van der Waals surface area contributed by atoms with E-state index in [-0.39, 0.29) is 42.8 Å². The highest BCUT2D eigenvalue weighted by Crippen LogP contribution is 2.34. The molecule has 1 rings (SSSR count). The minimum atomic E-state index is -4.51. The van der Waals surface area contributed by atoms with Crippen molar-refractivity contribution in [3.8, 4) is 5.75 Å². The zero-order chi connectivity index (χ0) is 16.0. The number of hydrogen-bond donors (Lipinski definition) is 2. The van der Waals surface area contributed by atoms with Crippen LogP contribution in [0.5, 0.6) is 5.75 Å². The molecular formula is C14H19F3N2O2. The maximum absolute atomic E-state index is 13.1. The zero-order valence-electron chi connectivity index (χ0n) is 12.0. The van der Waals surface area contributed by atoms with Gasteiger partial charge in [0.05, 0.1) is 11.7 Å². The summed E-state index contributed by atoms with van der Waals surface area (Å²) in [6.07, 6.45) is -4.65. The third-order valence-corrected chi connectivity index (χ3v) is 2.61. The molecule has 0 bridgehead atoms. The van der Waals surface area contributed by atoms with E-state index >= 15 is 0 Å². The summed E-state index contributed by atoms with van der Waals surface area (Å²) in [5.74, 6) is -0.234. The maximum Gasteiger partial charge on any atom is 0.416 e. The second-order valence-corrected chi connectivity index (χ2v) is 4.80. The molecular weight excluding hydrogens is 285 g/mol. The molecule has 0 aliphatic carbocycles. The Balaban J connectivity index is 2.94. The first-order chi connectivity index (χ1) is 9.74. The fourth-order valence-corrected chi connectivity index (χ4v) is 1.73. The Kier molecular flexibility index (Phi) is 6.02. The van der Waals surface area contributed by atoms with Crippen LogP contribution in [0.1, 0.15) is 31.4 Å². The van der Waals surface area contributed by atoms with Crippen LogP contribution < -0.4 is 15.8 Å². The summed E-state index contributed by atoms with van der Waals surface area (Å²) in [5, 5.41) is 2.41. The SMILES string of the molecule is CC(C)Oc1ccc(CNC(=O)CCN)c(C(F)(F)F)c1. The van der Waals surface area contributed by atoms with E-state index in [0.717, 1.165) is 6.07 Å². The lowest BCUT2D eigenvalue weighted by atomic mass is 10.1. The Labute approximate surface area is 121 Å². The highest BCUT2D eigenvalue weighted by atomic mass is 19.4. The van der Waals surface area contributed by atoms with Gasteiger partial charge in [0, 0.05) is 19.5 Å². The number of hydrogen-bond acceptors (Lipinski definition) is 3. The van der Waals surface area contributed by atoms with Crippen molar-refractivity contribution in [3.63, 3.8) is 0 Å².